The smallest absolute Gasteiger partial charge is 0.232 e. The van der Waals surface area contributed by atoms with Crippen molar-refractivity contribution >= 4 is 89.1 Å². The maximum Gasteiger partial charge on any atom is 0.232 e. The van der Waals surface area contributed by atoms with Gasteiger partial charge in [-0.05, 0) is 107 Å². The molecule has 6 aromatic heterocycles. The number of nitrogens with one attached hydrogen (secondary N) is 3. The summed E-state index contributed by atoms with van der Waals surface area (Å²) in [5.74, 6) is -2.59. The molecule has 2 aromatic carbocycles. The van der Waals surface area contributed by atoms with Gasteiger partial charge in [-0.3, -0.25) is 9.44 Å². The van der Waals surface area contributed by atoms with Gasteiger partial charge in [-0.1, -0.05) is 20.8 Å². The van der Waals surface area contributed by atoms with E-state index in [0.717, 1.165) is 94.3 Å². The monoisotopic (exact) mass is 1240 g/mol. The fourth-order valence-electron chi connectivity index (χ4n) is 10.1. The molecule has 2 saturated heterocycles. The number of aromatic nitrogens is 8. The predicted octanol–water partition coefficient (Wildman–Crippen LogP) is 9.55. The Balaban J connectivity index is 0.000000206. The molecule has 8 aromatic rings. The highest BCUT2D eigenvalue weighted by Gasteiger charge is 2.28. The van der Waals surface area contributed by atoms with E-state index < -0.39 is 54.7 Å². The quantitative estimate of drug-likeness (QED) is 0.0575. The Labute approximate surface area is 474 Å². The Morgan fingerprint density at radius 3 is 1.39 bits per heavy atom. The lowest BCUT2D eigenvalue weighted by Crippen LogP contribution is -2.43. The minimum atomic E-state index is -3.79. The maximum absolute atomic E-state index is 15.8. The highest BCUT2D eigenvalue weighted by molar-refractivity contribution is 14.0. The second-order valence-corrected chi connectivity index (χ2v) is 23.1. The van der Waals surface area contributed by atoms with Gasteiger partial charge in [0.1, 0.15) is 47.3 Å². The van der Waals surface area contributed by atoms with Crippen LogP contribution in [0.15, 0.2) is 98.4 Å². The lowest BCUT2D eigenvalue weighted by atomic mass is 10.0. The average Bonchev–Trinajstić information content (AvgIpc) is 4.22. The van der Waals surface area contributed by atoms with E-state index >= 15 is 17.6 Å². The van der Waals surface area contributed by atoms with Gasteiger partial charge in [0.15, 0.2) is 11.6 Å². The number of hydrogen-bond acceptors (Lipinski definition) is 14. The highest BCUT2D eigenvalue weighted by atomic mass is 127. The van der Waals surface area contributed by atoms with Gasteiger partial charge in [0.2, 0.25) is 20.0 Å². The summed E-state index contributed by atoms with van der Waals surface area (Å²) in [6.45, 7) is 10.5. The lowest BCUT2D eigenvalue weighted by molar-refractivity contribution is 0.220. The molecule has 0 spiro atoms. The van der Waals surface area contributed by atoms with Gasteiger partial charge in [0.25, 0.3) is 0 Å². The van der Waals surface area contributed by atoms with E-state index in [-0.39, 0.29) is 46.9 Å². The molecule has 0 amide bonds. The van der Waals surface area contributed by atoms with E-state index in [4.69, 9.17) is 9.97 Å². The molecule has 0 aliphatic carbocycles. The van der Waals surface area contributed by atoms with Crippen molar-refractivity contribution in [1.29, 1.82) is 0 Å². The molecule has 2 aliphatic heterocycles. The SMILES string of the molecule is CCCS(=O)(=O)Nc1ccc(F)c(-n2cc(-c3cncnc3)c3nc(N(C)C4CCN(CC)CC4)ccc32)c1F.CCCS(=O)(=O)Nc1ccc(F)c(-n2cc(-c3cncnc3)c3nc(N(C)C4CCNCC4)ccc32)c1F.I. The summed E-state index contributed by atoms with van der Waals surface area (Å²) >= 11 is 0. The summed E-state index contributed by atoms with van der Waals surface area (Å²) in [6.07, 6.45) is 17.1. The van der Waals surface area contributed by atoms with Crippen LogP contribution >= 0.6 is 24.0 Å². The van der Waals surface area contributed by atoms with Crippen LogP contribution in [0.2, 0.25) is 0 Å². The minimum absolute atomic E-state index is 0. The zero-order valence-corrected chi connectivity index (χ0v) is 48.3. The summed E-state index contributed by atoms with van der Waals surface area (Å²) in [7, 11) is -3.56. The van der Waals surface area contributed by atoms with E-state index in [1.807, 2.05) is 26.2 Å². The first kappa shape index (κ1) is 58.6. The molecule has 10 rings (SSSR count). The number of anilines is 4. The number of halogens is 5. The van der Waals surface area contributed by atoms with Gasteiger partial charge in [-0.2, -0.15) is 0 Å². The zero-order valence-electron chi connectivity index (χ0n) is 44.4. The fourth-order valence-corrected chi connectivity index (χ4v) is 12.4. The molecule has 0 saturated carbocycles. The third kappa shape index (κ3) is 12.9. The molecule has 8 heterocycles. The fraction of sp³-hybridized carbons (Fsp3) is 0.370. The molecule has 420 valence electrons. The molecule has 79 heavy (non-hydrogen) atoms. The van der Waals surface area contributed by atoms with Crippen molar-refractivity contribution < 1.29 is 34.4 Å². The number of nitrogens with zero attached hydrogens (tertiary/aromatic N) is 11. The van der Waals surface area contributed by atoms with Crippen LogP contribution in [0, 0.1) is 23.3 Å². The Hall–Kier alpha value is -6.55. The largest absolute Gasteiger partial charge is 0.357 e. The second kappa shape index (κ2) is 25.3. The Morgan fingerprint density at radius 2 is 1.00 bits per heavy atom. The topological polar surface area (TPSA) is 201 Å². The molecule has 2 fully saturated rings. The number of fused-ring (bicyclic) bond motifs is 2. The van der Waals surface area contributed by atoms with Crippen LogP contribution in [0.4, 0.5) is 40.6 Å². The number of benzene rings is 2. The summed E-state index contributed by atoms with van der Waals surface area (Å²) in [4.78, 5) is 33.0. The number of piperidine rings is 2. The molecule has 18 nitrogen and oxygen atoms in total. The number of pyridine rings is 2. The maximum atomic E-state index is 15.8. The van der Waals surface area contributed by atoms with Crippen molar-refractivity contribution in [3.63, 3.8) is 0 Å². The van der Waals surface area contributed by atoms with Crippen LogP contribution in [-0.4, -0.2) is 131 Å². The van der Waals surface area contributed by atoms with Crippen LogP contribution in [0.1, 0.15) is 59.3 Å². The van der Waals surface area contributed by atoms with Crippen molar-refractivity contribution in [2.45, 2.75) is 71.4 Å². The number of hydrogen-bond donors (Lipinski definition) is 3. The third-order valence-corrected chi connectivity index (χ3v) is 17.2. The zero-order chi connectivity index (χ0) is 55.3. The van der Waals surface area contributed by atoms with Crippen LogP contribution in [0.25, 0.3) is 55.7 Å². The van der Waals surface area contributed by atoms with Crippen LogP contribution in [-0.2, 0) is 20.0 Å². The predicted molar refractivity (Wildman–Crippen MR) is 313 cm³/mol. The third-order valence-electron chi connectivity index (χ3n) is 14.2. The molecule has 0 unspecified atom stereocenters. The van der Waals surface area contributed by atoms with Crippen molar-refractivity contribution in [3.05, 3.63) is 122 Å². The van der Waals surface area contributed by atoms with Gasteiger partial charge in [-0.25, -0.2) is 64.3 Å². The van der Waals surface area contributed by atoms with Crippen molar-refractivity contribution in [2.75, 3.05) is 77.6 Å². The molecule has 0 atom stereocenters. The van der Waals surface area contributed by atoms with Gasteiger partial charge < -0.3 is 29.2 Å². The van der Waals surface area contributed by atoms with Crippen molar-refractivity contribution in [2.24, 2.45) is 0 Å². The standard InChI is InChI=1S/C28H33F2N7O2S.C26H29F2N7O2S.HI/c1-4-14-40(38,39)34-23-7-6-22(29)28(26(23)30)37-17-21(19-15-31-18-32-16-19)27-24(37)8-9-25(33-27)35(3)20-10-12-36(5-2)13-11-20;1-3-12-38(36,37)33-21-5-4-20(27)26(24(21)28)35-15-19(17-13-30-16-31-14-17)25-22(35)6-7-23(32-25)34(2)18-8-10-29-11-9-18;/h6-9,15-18,20,34H,4-5,10-14H2,1-3H3;4-7,13-16,18,29,33H,3,8-12H2,1-2H3;1H. The summed E-state index contributed by atoms with van der Waals surface area (Å²) in [5, 5.41) is 3.36. The van der Waals surface area contributed by atoms with Gasteiger partial charge >= 0.3 is 0 Å². The van der Waals surface area contributed by atoms with Gasteiger partial charge in [0, 0.05) is 98.7 Å². The first-order valence-electron chi connectivity index (χ1n) is 25.9. The summed E-state index contributed by atoms with van der Waals surface area (Å²) in [6, 6.07) is 12.2. The highest BCUT2D eigenvalue weighted by Crippen LogP contribution is 2.38. The number of likely N-dealkylation sites (tertiary alicyclic amines) is 1. The van der Waals surface area contributed by atoms with Crippen LogP contribution < -0.4 is 24.6 Å². The van der Waals surface area contributed by atoms with Crippen LogP contribution in [0.3, 0.4) is 0 Å². The van der Waals surface area contributed by atoms with E-state index in [0.29, 0.717) is 69.2 Å². The summed E-state index contributed by atoms with van der Waals surface area (Å²) in [5.41, 5.74) is 2.97. The number of rotatable bonds is 17. The molecule has 0 bridgehead atoms. The Morgan fingerprint density at radius 1 is 0.595 bits per heavy atom. The van der Waals surface area contributed by atoms with E-state index in [9.17, 15) is 16.8 Å². The molecular weight excluding hydrogens is 1180 g/mol. The first-order chi connectivity index (χ1) is 37.5. The van der Waals surface area contributed by atoms with E-state index in [1.165, 1.54) is 21.8 Å². The lowest BCUT2D eigenvalue weighted by Gasteiger charge is -2.36. The second-order valence-electron chi connectivity index (χ2n) is 19.4. The van der Waals surface area contributed by atoms with Crippen molar-refractivity contribution in [3.8, 4) is 33.6 Å². The summed E-state index contributed by atoms with van der Waals surface area (Å²) < 4.78 is 118. The van der Waals surface area contributed by atoms with Crippen LogP contribution in [0.5, 0.6) is 0 Å². The first-order valence-corrected chi connectivity index (χ1v) is 29.2. The van der Waals surface area contributed by atoms with Crippen molar-refractivity contribution in [1.82, 2.24) is 49.3 Å². The molecule has 3 N–H and O–H groups in total. The van der Waals surface area contributed by atoms with E-state index in [2.05, 4.69) is 56.3 Å². The minimum Gasteiger partial charge on any atom is -0.357 e. The normalized spacial score (nSPS) is 14.6. The average molecular weight is 1240 g/mol. The number of sulfonamides is 2. The molecular formula is C54H63F4IN14O4S2. The van der Waals surface area contributed by atoms with Gasteiger partial charge in [0.05, 0.1) is 44.9 Å². The Kier molecular flexibility index (Phi) is 18.7. The molecule has 0 radical (unpaired) electrons. The van der Waals surface area contributed by atoms with Gasteiger partial charge in [-0.15, -0.1) is 24.0 Å². The molecule has 25 heteroatoms. The molecule has 2 aliphatic rings. The Bertz CT molecular complexity index is 3640. The van der Waals surface area contributed by atoms with E-state index in [1.54, 1.807) is 63.2 Å².